The van der Waals surface area contributed by atoms with Crippen molar-refractivity contribution in [2.45, 2.75) is 30.7 Å². The molecule has 0 saturated heterocycles. The fourth-order valence-electron chi connectivity index (χ4n) is 1.48. The lowest BCUT2D eigenvalue weighted by molar-refractivity contribution is 0.279. The summed E-state index contributed by atoms with van der Waals surface area (Å²) in [6, 6.07) is 3.42. The summed E-state index contributed by atoms with van der Waals surface area (Å²) in [5.41, 5.74) is 0. The molecule has 1 aromatic carbocycles. The molecule has 0 aliphatic carbocycles. The summed E-state index contributed by atoms with van der Waals surface area (Å²) in [5.74, 6) is -0.957. The second-order valence-corrected chi connectivity index (χ2v) is 6.03. The zero-order chi connectivity index (χ0) is 13.8. The average molecular weight is 296 g/mol. The van der Waals surface area contributed by atoms with Gasteiger partial charge in [-0.3, -0.25) is 0 Å². The highest BCUT2D eigenvalue weighted by Crippen LogP contribution is 2.22. The first-order valence-electron chi connectivity index (χ1n) is 5.45. The summed E-state index contributed by atoms with van der Waals surface area (Å²) in [7, 11) is -3.93. The Bertz CT molecular complexity index is 507. The molecule has 0 saturated carbocycles. The Kier molecular flexibility index (Phi) is 5.52. The molecule has 1 aromatic rings. The zero-order valence-electron chi connectivity index (χ0n) is 9.86. The molecule has 2 N–H and O–H groups in total. The average Bonchev–Trinajstić information content (AvgIpc) is 2.29. The molecular formula is C11H15ClFNO3S. The van der Waals surface area contributed by atoms with Crippen LogP contribution in [-0.4, -0.2) is 26.2 Å². The second-order valence-electron chi connectivity index (χ2n) is 3.94. The quantitative estimate of drug-likeness (QED) is 0.842. The van der Waals surface area contributed by atoms with Crippen molar-refractivity contribution < 1.29 is 17.9 Å². The van der Waals surface area contributed by atoms with Crippen molar-refractivity contribution in [1.29, 1.82) is 0 Å². The van der Waals surface area contributed by atoms with Crippen LogP contribution in [0.2, 0.25) is 5.02 Å². The molecule has 0 heterocycles. The standard InChI is InChI=1S/C11H15ClFNO3S/c1-8(4-3-7-15)14-18(16,17)10-6-2-5-9(12)11(10)13/h2,5-6,8,14-15H,3-4,7H2,1H3. The summed E-state index contributed by atoms with van der Waals surface area (Å²) in [4.78, 5) is -0.467. The van der Waals surface area contributed by atoms with Crippen molar-refractivity contribution in [3.05, 3.63) is 29.0 Å². The highest BCUT2D eigenvalue weighted by Gasteiger charge is 2.22. The summed E-state index contributed by atoms with van der Waals surface area (Å²) in [6.07, 6.45) is 0.944. The van der Waals surface area contributed by atoms with Crippen LogP contribution >= 0.6 is 11.6 Å². The van der Waals surface area contributed by atoms with E-state index in [1.807, 2.05) is 0 Å². The highest BCUT2D eigenvalue weighted by atomic mass is 35.5. The van der Waals surface area contributed by atoms with Crippen molar-refractivity contribution in [3.8, 4) is 0 Å². The molecular weight excluding hydrogens is 281 g/mol. The van der Waals surface area contributed by atoms with Crippen LogP contribution in [0.25, 0.3) is 0 Å². The van der Waals surface area contributed by atoms with E-state index in [0.29, 0.717) is 12.8 Å². The SMILES string of the molecule is CC(CCCO)NS(=O)(=O)c1cccc(Cl)c1F. The maximum Gasteiger partial charge on any atom is 0.243 e. The molecule has 1 atom stereocenters. The molecule has 0 amide bonds. The molecule has 0 aliphatic rings. The van der Waals surface area contributed by atoms with Crippen LogP contribution in [0.5, 0.6) is 0 Å². The number of nitrogens with one attached hydrogen (secondary N) is 1. The Hall–Kier alpha value is -0.690. The lowest BCUT2D eigenvalue weighted by atomic mass is 10.2. The molecule has 0 radical (unpaired) electrons. The van der Waals surface area contributed by atoms with Gasteiger partial charge in [-0.25, -0.2) is 17.5 Å². The van der Waals surface area contributed by atoms with Crippen LogP contribution in [0.1, 0.15) is 19.8 Å². The minimum atomic E-state index is -3.93. The van der Waals surface area contributed by atoms with Crippen LogP contribution in [-0.2, 0) is 10.0 Å². The molecule has 0 aromatic heterocycles. The number of hydrogen-bond acceptors (Lipinski definition) is 3. The second kappa shape index (κ2) is 6.47. The number of aliphatic hydroxyl groups is 1. The van der Waals surface area contributed by atoms with Crippen molar-refractivity contribution in [2.75, 3.05) is 6.61 Å². The minimum Gasteiger partial charge on any atom is -0.396 e. The number of hydrogen-bond donors (Lipinski definition) is 2. The third kappa shape index (κ3) is 3.91. The zero-order valence-corrected chi connectivity index (χ0v) is 11.4. The van der Waals surface area contributed by atoms with Crippen molar-refractivity contribution >= 4 is 21.6 Å². The third-order valence-corrected chi connectivity index (χ3v) is 4.26. The van der Waals surface area contributed by atoms with Crippen molar-refractivity contribution in [1.82, 2.24) is 4.72 Å². The Morgan fingerprint density at radius 2 is 2.17 bits per heavy atom. The Balaban J connectivity index is 2.90. The fourth-order valence-corrected chi connectivity index (χ4v) is 3.09. The molecule has 0 bridgehead atoms. The topological polar surface area (TPSA) is 66.4 Å². The number of sulfonamides is 1. The minimum absolute atomic E-state index is 0.0163. The van der Waals surface area contributed by atoms with E-state index >= 15 is 0 Å². The van der Waals surface area contributed by atoms with Gasteiger partial charge in [0.15, 0.2) is 5.82 Å². The first kappa shape index (κ1) is 15.4. The van der Waals surface area contributed by atoms with Gasteiger partial charge in [0, 0.05) is 12.6 Å². The molecule has 1 rings (SSSR count). The predicted molar refractivity (Wildman–Crippen MR) is 67.5 cm³/mol. The summed E-state index contributed by atoms with van der Waals surface area (Å²) >= 11 is 5.54. The highest BCUT2D eigenvalue weighted by molar-refractivity contribution is 7.89. The predicted octanol–water partition coefficient (Wildman–Crippen LogP) is 1.92. The van der Waals surface area contributed by atoms with Gasteiger partial charge >= 0.3 is 0 Å². The van der Waals surface area contributed by atoms with E-state index in [0.717, 1.165) is 6.07 Å². The maximum absolute atomic E-state index is 13.6. The lowest BCUT2D eigenvalue weighted by Crippen LogP contribution is -2.33. The fraction of sp³-hybridized carbons (Fsp3) is 0.455. The number of aliphatic hydroxyl groups excluding tert-OH is 1. The Morgan fingerprint density at radius 3 is 2.78 bits per heavy atom. The van der Waals surface area contributed by atoms with Gasteiger partial charge in [0.05, 0.1) is 5.02 Å². The van der Waals surface area contributed by atoms with Crippen LogP contribution in [0.15, 0.2) is 23.1 Å². The Morgan fingerprint density at radius 1 is 1.50 bits per heavy atom. The monoisotopic (exact) mass is 295 g/mol. The Labute approximate surface area is 111 Å². The van der Waals surface area contributed by atoms with Gasteiger partial charge in [0.25, 0.3) is 0 Å². The lowest BCUT2D eigenvalue weighted by Gasteiger charge is -2.14. The van der Waals surface area contributed by atoms with Crippen LogP contribution in [0.4, 0.5) is 4.39 Å². The summed E-state index contributed by atoms with van der Waals surface area (Å²) in [5, 5.41) is 8.42. The first-order valence-corrected chi connectivity index (χ1v) is 7.32. The van der Waals surface area contributed by atoms with E-state index in [1.165, 1.54) is 12.1 Å². The third-order valence-electron chi connectivity index (χ3n) is 2.36. The van der Waals surface area contributed by atoms with E-state index in [2.05, 4.69) is 4.72 Å². The van der Waals surface area contributed by atoms with E-state index in [-0.39, 0.29) is 17.7 Å². The molecule has 18 heavy (non-hydrogen) atoms. The van der Waals surface area contributed by atoms with E-state index in [9.17, 15) is 12.8 Å². The van der Waals surface area contributed by atoms with Gasteiger partial charge in [-0.15, -0.1) is 0 Å². The number of rotatable bonds is 6. The summed E-state index contributed by atoms with van der Waals surface area (Å²) < 4.78 is 39.8. The van der Waals surface area contributed by atoms with Gasteiger partial charge in [-0.1, -0.05) is 17.7 Å². The van der Waals surface area contributed by atoms with Crippen molar-refractivity contribution in [2.24, 2.45) is 0 Å². The first-order chi connectivity index (χ1) is 8.38. The molecule has 0 spiro atoms. The molecule has 0 aliphatic heterocycles. The molecule has 0 fully saturated rings. The van der Waals surface area contributed by atoms with Crippen LogP contribution in [0.3, 0.4) is 0 Å². The summed E-state index contributed by atoms with van der Waals surface area (Å²) in [6.45, 7) is 1.63. The van der Waals surface area contributed by atoms with Crippen LogP contribution < -0.4 is 4.72 Å². The van der Waals surface area contributed by atoms with E-state index in [4.69, 9.17) is 16.7 Å². The van der Waals surface area contributed by atoms with Gasteiger partial charge in [-0.05, 0) is 31.9 Å². The molecule has 4 nitrogen and oxygen atoms in total. The number of benzene rings is 1. The van der Waals surface area contributed by atoms with Gasteiger partial charge in [0.1, 0.15) is 4.90 Å². The molecule has 102 valence electrons. The largest absolute Gasteiger partial charge is 0.396 e. The van der Waals surface area contributed by atoms with Crippen LogP contribution in [0, 0.1) is 5.82 Å². The molecule has 7 heteroatoms. The normalized spacial score (nSPS) is 13.6. The van der Waals surface area contributed by atoms with Gasteiger partial charge < -0.3 is 5.11 Å². The van der Waals surface area contributed by atoms with Gasteiger partial charge in [-0.2, -0.15) is 0 Å². The maximum atomic E-state index is 13.6. The van der Waals surface area contributed by atoms with E-state index < -0.39 is 20.7 Å². The smallest absolute Gasteiger partial charge is 0.243 e. The van der Waals surface area contributed by atoms with Crippen molar-refractivity contribution in [3.63, 3.8) is 0 Å². The molecule has 1 unspecified atom stereocenters. The van der Waals surface area contributed by atoms with Gasteiger partial charge in [0.2, 0.25) is 10.0 Å². The number of halogens is 2. The van der Waals surface area contributed by atoms with E-state index in [1.54, 1.807) is 6.92 Å².